The molecule has 0 amide bonds. The Kier molecular flexibility index (Phi) is 5.65. The van der Waals surface area contributed by atoms with Gasteiger partial charge in [-0.1, -0.05) is 15.9 Å². The normalized spacial score (nSPS) is 10.6. The van der Waals surface area contributed by atoms with E-state index in [2.05, 4.69) is 15.9 Å². The molecule has 94 valence electrons. The van der Waals surface area contributed by atoms with Gasteiger partial charge in [0.1, 0.15) is 11.5 Å². The minimum atomic E-state index is 0.232. The van der Waals surface area contributed by atoms with Gasteiger partial charge in [0.25, 0.3) is 0 Å². The SMILES string of the molecule is COc1ccc(Br)cc1CC(=O)CCN(C)C. The molecule has 0 aliphatic carbocycles. The average molecular weight is 300 g/mol. The second kappa shape index (κ2) is 6.77. The summed E-state index contributed by atoms with van der Waals surface area (Å²) < 4.78 is 6.21. The van der Waals surface area contributed by atoms with Crippen molar-refractivity contribution in [2.24, 2.45) is 0 Å². The van der Waals surface area contributed by atoms with E-state index < -0.39 is 0 Å². The standard InChI is InChI=1S/C13H18BrNO2/c1-15(2)7-6-12(16)9-10-8-11(14)4-5-13(10)17-3/h4-5,8H,6-7,9H2,1-3H3. The van der Waals surface area contributed by atoms with Gasteiger partial charge < -0.3 is 9.64 Å². The van der Waals surface area contributed by atoms with E-state index in [0.29, 0.717) is 12.8 Å². The van der Waals surface area contributed by atoms with Gasteiger partial charge in [0, 0.05) is 29.4 Å². The van der Waals surface area contributed by atoms with Gasteiger partial charge in [0.2, 0.25) is 0 Å². The molecule has 0 bridgehead atoms. The predicted molar refractivity (Wildman–Crippen MR) is 72.6 cm³/mol. The number of carbonyl (C=O) groups excluding carboxylic acids is 1. The number of rotatable bonds is 6. The van der Waals surface area contributed by atoms with Crippen molar-refractivity contribution in [3.8, 4) is 5.75 Å². The predicted octanol–water partition coefficient (Wildman–Crippen LogP) is 2.52. The lowest BCUT2D eigenvalue weighted by Crippen LogP contribution is -2.17. The second-order valence-corrected chi connectivity index (χ2v) is 5.14. The van der Waals surface area contributed by atoms with Crippen LogP contribution in [-0.2, 0) is 11.2 Å². The van der Waals surface area contributed by atoms with Gasteiger partial charge in [-0.25, -0.2) is 0 Å². The molecule has 0 unspecified atom stereocenters. The van der Waals surface area contributed by atoms with Crippen LogP contribution in [0.3, 0.4) is 0 Å². The molecule has 0 spiro atoms. The van der Waals surface area contributed by atoms with E-state index in [-0.39, 0.29) is 5.78 Å². The van der Waals surface area contributed by atoms with E-state index >= 15 is 0 Å². The van der Waals surface area contributed by atoms with Crippen LogP contribution in [0.15, 0.2) is 22.7 Å². The minimum Gasteiger partial charge on any atom is -0.496 e. The van der Waals surface area contributed by atoms with Crippen molar-refractivity contribution in [1.29, 1.82) is 0 Å². The molecular formula is C13H18BrNO2. The summed E-state index contributed by atoms with van der Waals surface area (Å²) in [6, 6.07) is 5.72. The summed E-state index contributed by atoms with van der Waals surface area (Å²) in [6.45, 7) is 0.787. The molecule has 0 fully saturated rings. The summed E-state index contributed by atoms with van der Waals surface area (Å²) in [7, 11) is 5.55. The summed E-state index contributed by atoms with van der Waals surface area (Å²) in [5, 5.41) is 0. The number of nitrogens with zero attached hydrogens (tertiary/aromatic N) is 1. The van der Waals surface area contributed by atoms with Gasteiger partial charge in [-0.2, -0.15) is 0 Å². The van der Waals surface area contributed by atoms with Crippen molar-refractivity contribution in [2.45, 2.75) is 12.8 Å². The van der Waals surface area contributed by atoms with E-state index in [1.165, 1.54) is 0 Å². The lowest BCUT2D eigenvalue weighted by atomic mass is 10.1. The number of hydrogen-bond acceptors (Lipinski definition) is 3. The van der Waals surface area contributed by atoms with E-state index in [1.807, 2.05) is 37.2 Å². The number of benzene rings is 1. The Labute approximate surface area is 111 Å². The number of halogens is 1. The zero-order valence-corrected chi connectivity index (χ0v) is 12.1. The molecule has 17 heavy (non-hydrogen) atoms. The van der Waals surface area contributed by atoms with Crippen molar-refractivity contribution in [3.63, 3.8) is 0 Å². The van der Waals surface area contributed by atoms with Gasteiger partial charge in [-0.05, 0) is 32.3 Å². The van der Waals surface area contributed by atoms with Crippen molar-refractivity contribution in [1.82, 2.24) is 4.90 Å². The first-order valence-corrected chi connectivity index (χ1v) is 6.31. The van der Waals surface area contributed by atoms with Crippen LogP contribution in [0, 0.1) is 0 Å². The maximum atomic E-state index is 11.8. The van der Waals surface area contributed by atoms with Crippen LogP contribution < -0.4 is 4.74 Å². The maximum absolute atomic E-state index is 11.8. The third kappa shape index (κ3) is 4.88. The Morgan fingerprint density at radius 2 is 2.12 bits per heavy atom. The lowest BCUT2D eigenvalue weighted by molar-refractivity contribution is -0.118. The van der Waals surface area contributed by atoms with Crippen LogP contribution >= 0.6 is 15.9 Å². The first-order valence-electron chi connectivity index (χ1n) is 5.51. The Morgan fingerprint density at radius 3 is 2.71 bits per heavy atom. The van der Waals surface area contributed by atoms with Crippen molar-refractivity contribution in [2.75, 3.05) is 27.7 Å². The number of hydrogen-bond donors (Lipinski definition) is 0. The molecule has 0 N–H and O–H groups in total. The molecule has 1 aromatic carbocycles. The molecule has 1 aromatic rings. The number of carbonyl (C=O) groups is 1. The molecule has 0 aliphatic rings. The van der Waals surface area contributed by atoms with Crippen molar-refractivity contribution in [3.05, 3.63) is 28.2 Å². The molecule has 0 aliphatic heterocycles. The van der Waals surface area contributed by atoms with E-state index in [0.717, 1.165) is 22.3 Å². The number of ether oxygens (including phenoxy) is 1. The highest BCUT2D eigenvalue weighted by Crippen LogP contribution is 2.23. The first kappa shape index (κ1) is 14.2. The molecule has 0 atom stereocenters. The molecule has 0 heterocycles. The van der Waals surface area contributed by atoms with Gasteiger partial charge in [0.15, 0.2) is 0 Å². The number of Topliss-reactive ketones (excluding diaryl/α,β-unsaturated/α-hetero) is 1. The second-order valence-electron chi connectivity index (χ2n) is 4.22. The van der Waals surface area contributed by atoms with Crippen molar-refractivity contribution >= 4 is 21.7 Å². The summed E-state index contributed by atoms with van der Waals surface area (Å²) in [5.74, 6) is 1.00. The smallest absolute Gasteiger partial charge is 0.138 e. The van der Waals surface area contributed by atoms with E-state index in [4.69, 9.17) is 4.74 Å². The summed E-state index contributed by atoms with van der Waals surface area (Å²) in [6.07, 6.45) is 0.999. The van der Waals surface area contributed by atoms with Gasteiger partial charge in [0.05, 0.1) is 7.11 Å². The lowest BCUT2D eigenvalue weighted by Gasteiger charge is -2.10. The third-order valence-corrected chi connectivity index (χ3v) is 2.96. The highest BCUT2D eigenvalue weighted by molar-refractivity contribution is 9.10. The Balaban J connectivity index is 2.66. The van der Waals surface area contributed by atoms with Crippen LogP contribution in [0.4, 0.5) is 0 Å². The van der Waals surface area contributed by atoms with E-state index in [1.54, 1.807) is 7.11 Å². The maximum Gasteiger partial charge on any atom is 0.138 e. The highest BCUT2D eigenvalue weighted by Gasteiger charge is 2.09. The van der Waals surface area contributed by atoms with Crippen LogP contribution in [0.5, 0.6) is 5.75 Å². The molecule has 1 rings (SSSR count). The largest absolute Gasteiger partial charge is 0.496 e. The Morgan fingerprint density at radius 1 is 1.41 bits per heavy atom. The zero-order chi connectivity index (χ0) is 12.8. The van der Waals surface area contributed by atoms with Crippen LogP contribution in [0.2, 0.25) is 0 Å². The van der Waals surface area contributed by atoms with Gasteiger partial charge in [-0.15, -0.1) is 0 Å². The topological polar surface area (TPSA) is 29.5 Å². The first-order chi connectivity index (χ1) is 8.02. The van der Waals surface area contributed by atoms with Crippen LogP contribution in [0.1, 0.15) is 12.0 Å². The minimum absolute atomic E-state index is 0.232. The number of ketones is 1. The molecule has 0 saturated carbocycles. The molecule has 3 nitrogen and oxygen atoms in total. The highest BCUT2D eigenvalue weighted by atomic mass is 79.9. The number of methoxy groups -OCH3 is 1. The molecule has 0 radical (unpaired) electrons. The third-order valence-electron chi connectivity index (χ3n) is 2.47. The molecular weight excluding hydrogens is 282 g/mol. The Hall–Kier alpha value is -0.870. The molecule has 0 aromatic heterocycles. The van der Waals surface area contributed by atoms with Gasteiger partial charge in [-0.3, -0.25) is 4.79 Å². The summed E-state index contributed by atoms with van der Waals surface area (Å²) in [4.78, 5) is 13.8. The zero-order valence-electron chi connectivity index (χ0n) is 10.5. The van der Waals surface area contributed by atoms with Gasteiger partial charge >= 0.3 is 0 Å². The van der Waals surface area contributed by atoms with Crippen LogP contribution in [-0.4, -0.2) is 38.4 Å². The van der Waals surface area contributed by atoms with Crippen molar-refractivity contribution < 1.29 is 9.53 Å². The molecule has 4 heteroatoms. The van der Waals surface area contributed by atoms with E-state index in [9.17, 15) is 4.79 Å². The fourth-order valence-electron chi connectivity index (χ4n) is 1.53. The quantitative estimate of drug-likeness (QED) is 0.808. The monoisotopic (exact) mass is 299 g/mol. The fraction of sp³-hybridized carbons (Fsp3) is 0.462. The average Bonchev–Trinajstić information content (AvgIpc) is 2.27. The fourth-order valence-corrected chi connectivity index (χ4v) is 1.94. The molecule has 0 saturated heterocycles. The Bertz CT molecular complexity index is 391. The summed E-state index contributed by atoms with van der Waals surface area (Å²) in [5.41, 5.74) is 0.936. The van der Waals surface area contributed by atoms with Crippen LogP contribution in [0.25, 0.3) is 0 Å². The summed E-state index contributed by atoms with van der Waals surface area (Å²) >= 11 is 3.40.